The van der Waals surface area contributed by atoms with Crippen LogP contribution in [0.1, 0.15) is 36.7 Å². The van der Waals surface area contributed by atoms with E-state index in [9.17, 15) is 4.79 Å². The van der Waals surface area contributed by atoms with Crippen molar-refractivity contribution in [2.75, 3.05) is 20.3 Å². The Kier molecular flexibility index (Phi) is 8.21. The van der Waals surface area contributed by atoms with Gasteiger partial charge in [-0.1, -0.05) is 18.8 Å². The Morgan fingerprint density at radius 2 is 1.62 bits per heavy atom. The van der Waals surface area contributed by atoms with Crippen molar-refractivity contribution in [3.05, 3.63) is 66.2 Å². The normalized spacial score (nSPS) is 10.4. The van der Waals surface area contributed by atoms with Gasteiger partial charge in [0.2, 0.25) is 0 Å². The lowest BCUT2D eigenvalue weighted by atomic mass is 10.1. The van der Waals surface area contributed by atoms with E-state index in [0.717, 1.165) is 17.1 Å². The van der Waals surface area contributed by atoms with Crippen molar-refractivity contribution in [3.8, 4) is 11.5 Å². The van der Waals surface area contributed by atoms with Crippen LogP contribution in [0.3, 0.4) is 0 Å². The van der Waals surface area contributed by atoms with Crippen LogP contribution in [0.25, 0.3) is 5.70 Å². The van der Waals surface area contributed by atoms with Gasteiger partial charge >= 0.3 is 0 Å². The van der Waals surface area contributed by atoms with E-state index in [2.05, 4.69) is 11.9 Å². The van der Waals surface area contributed by atoms with Crippen molar-refractivity contribution in [3.63, 3.8) is 0 Å². The Morgan fingerprint density at radius 1 is 1.07 bits per heavy atom. The molecule has 0 atom stereocenters. The third kappa shape index (κ3) is 6.32. The molecular weight excluding hydrogens is 384 g/mol. The smallest absolute Gasteiger partial charge is 0.254 e. The second kappa shape index (κ2) is 10.6. The Bertz CT molecular complexity index is 845. The third-order valence-corrected chi connectivity index (χ3v) is 4.57. The molecule has 29 heavy (non-hydrogen) atoms. The van der Waals surface area contributed by atoms with Crippen LogP contribution < -0.4 is 14.8 Å². The number of carbonyl (C=O) groups excluding carboxylic acids is 1. The number of hydrogen-bond acceptors (Lipinski definition) is 4. The third-order valence-electron chi connectivity index (χ3n) is 4.34. The second-order valence-corrected chi connectivity index (χ2v) is 7.23. The molecule has 2 aromatic carbocycles. The number of hydrogen-bond donors (Lipinski definition) is 1. The first kappa shape index (κ1) is 22.4. The highest BCUT2D eigenvalue weighted by atomic mass is 32.1. The Hall–Kier alpha value is -2.86. The first-order chi connectivity index (χ1) is 13.8. The molecule has 0 aliphatic rings. The van der Waals surface area contributed by atoms with Gasteiger partial charge in [-0.25, -0.2) is 0 Å². The average molecular weight is 413 g/mol. The van der Waals surface area contributed by atoms with Crippen molar-refractivity contribution >= 4 is 28.8 Å². The first-order valence-corrected chi connectivity index (χ1v) is 9.93. The molecule has 6 heteroatoms. The molecule has 2 rings (SSSR count). The van der Waals surface area contributed by atoms with Crippen molar-refractivity contribution in [2.45, 2.75) is 26.8 Å². The van der Waals surface area contributed by atoms with Gasteiger partial charge in [-0.2, -0.15) is 0 Å². The second-order valence-electron chi connectivity index (χ2n) is 6.74. The lowest BCUT2D eigenvalue weighted by Crippen LogP contribution is -2.43. The molecule has 0 aliphatic carbocycles. The molecule has 0 spiro atoms. The van der Waals surface area contributed by atoms with Gasteiger partial charge in [-0.15, -0.1) is 0 Å². The lowest BCUT2D eigenvalue weighted by molar-refractivity contribution is 0.0735. The minimum Gasteiger partial charge on any atom is -0.497 e. The van der Waals surface area contributed by atoms with Gasteiger partial charge in [0.05, 0.1) is 25.2 Å². The monoisotopic (exact) mass is 412 g/mol. The molecule has 0 saturated carbocycles. The van der Waals surface area contributed by atoms with Gasteiger partial charge in [0.1, 0.15) is 11.5 Å². The zero-order valence-electron chi connectivity index (χ0n) is 17.4. The summed E-state index contributed by atoms with van der Waals surface area (Å²) < 4.78 is 10.6. The van der Waals surface area contributed by atoms with E-state index in [0.29, 0.717) is 29.4 Å². The minimum atomic E-state index is -0.0812. The van der Waals surface area contributed by atoms with E-state index in [-0.39, 0.29) is 11.9 Å². The van der Waals surface area contributed by atoms with Gasteiger partial charge < -0.3 is 19.7 Å². The predicted octanol–water partition coefficient (Wildman–Crippen LogP) is 4.53. The van der Waals surface area contributed by atoms with Crippen LogP contribution in [0.5, 0.6) is 11.5 Å². The molecule has 154 valence electrons. The maximum atomic E-state index is 13.0. The molecule has 1 amide bonds. The molecule has 2 aromatic rings. The standard InChI is InChI=1S/C23H28N2O3S/c1-6-28-21-13-9-19(10-14-21)23(26)25(16(2)3)15-22(29)24-17(4)18-7-11-20(27-5)12-8-18/h7-14,16H,4,6,15H2,1-3,5H3,(H,24,29). The molecule has 0 unspecified atom stereocenters. The number of nitrogens with zero attached hydrogens (tertiary/aromatic N) is 1. The summed E-state index contributed by atoms with van der Waals surface area (Å²) >= 11 is 5.49. The fraction of sp³-hybridized carbons (Fsp3) is 0.304. The number of amides is 1. The zero-order valence-corrected chi connectivity index (χ0v) is 18.2. The predicted molar refractivity (Wildman–Crippen MR) is 122 cm³/mol. The molecule has 0 saturated heterocycles. The maximum absolute atomic E-state index is 13.0. The number of nitrogens with one attached hydrogen (secondary N) is 1. The van der Waals surface area contributed by atoms with Crippen LogP contribution in [0.2, 0.25) is 0 Å². The molecule has 0 aromatic heterocycles. The summed E-state index contributed by atoms with van der Waals surface area (Å²) in [6, 6.07) is 14.7. The molecule has 5 nitrogen and oxygen atoms in total. The molecule has 0 heterocycles. The van der Waals surface area contributed by atoms with Crippen LogP contribution in [0, 0.1) is 0 Å². The number of carbonyl (C=O) groups is 1. The largest absolute Gasteiger partial charge is 0.497 e. The number of rotatable bonds is 9. The first-order valence-electron chi connectivity index (χ1n) is 9.52. The van der Waals surface area contributed by atoms with Gasteiger partial charge in [0.25, 0.3) is 5.91 Å². The quantitative estimate of drug-likeness (QED) is 0.613. The van der Waals surface area contributed by atoms with Gasteiger partial charge in [-0.05, 0) is 74.9 Å². The zero-order chi connectivity index (χ0) is 21.4. The summed E-state index contributed by atoms with van der Waals surface area (Å²) in [5.74, 6) is 1.44. The molecular formula is C23H28N2O3S. The van der Waals surface area contributed by atoms with Gasteiger partial charge in [0, 0.05) is 17.3 Å². The summed E-state index contributed by atoms with van der Waals surface area (Å²) in [4.78, 5) is 15.2. The van der Waals surface area contributed by atoms with E-state index in [1.165, 1.54) is 0 Å². The number of benzene rings is 2. The van der Waals surface area contributed by atoms with E-state index < -0.39 is 0 Å². The van der Waals surface area contributed by atoms with Crippen molar-refractivity contribution < 1.29 is 14.3 Å². The fourth-order valence-corrected chi connectivity index (χ4v) is 3.00. The highest BCUT2D eigenvalue weighted by Gasteiger charge is 2.20. The van der Waals surface area contributed by atoms with Crippen molar-refractivity contribution in [1.29, 1.82) is 0 Å². The minimum absolute atomic E-state index is 0.0110. The van der Waals surface area contributed by atoms with Crippen LogP contribution in [0.4, 0.5) is 0 Å². The summed E-state index contributed by atoms with van der Waals surface area (Å²) in [5.41, 5.74) is 2.18. The van der Waals surface area contributed by atoms with Crippen molar-refractivity contribution in [1.82, 2.24) is 10.2 Å². The summed E-state index contributed by atoms with van der Waals surface area (Å²) in [5, 5.41) is 3.13. The molecule has 0 radical (unpaired) electrons. The summed E-state index contributed by atoms with van der Waals surface area (Å²) in [6.45, 7) is 10.8. The lowest BCUT2D eigenvalue weighted by Gasteiger charge is -2.27. The number of methoxy groups -OCH3 is 1. The molecule has 0 fully saturated rings. The molecule has 0 bridgehead atoms. The summed E-state index contributed by atoms with van der Waals surface area (Å²) in [7, 11) is 1.62. The Labute approximate surface area is 178 Å². The topological polar surface area (TPSA) is 50.8 Å². The fourth-order valence-electron chi connectivity index (χ4n) is 2.74. The van der Waals surface area contributed by atoms with Crippen molar-refractivity contribution in [2.24, 2.45) is 0 Å². The molecule has 1 N–H and O–H groups in total. The average Bonchev–Trinajstić information content (AvgIpc) is 2.72. The summed E-state index contributed by atoms with van der Waals surface area (Å²) in [6.07, 6.45) is 0. The van der Waals surface area contributed by atoms with E-state index >= 15 is 0 Å². The Morgan fingerprint density at radius 3 is 2.14 bits per heavy atom. The van der Waals surface area contributed by atoms with Gasteiger partial charge in [0.15, 0.2) is 0 Å². The number of ether oxygens (including phenoxy) is 2. The van der Waals surface area contributed by atoms with Crippen LogP contribution in [-0.4, -0.2) is 42.1 Å². The van der Waals surface area contributed by atoms with Gasteiger partial charge in [-0.3, -0.25) is 4.79 Å². The number of thiocarbonyl (C=S) groups is 1. The maximum Gasteiger partial charge on any atom is 0.254 e. The van der Waals surface area contributed by atoms with E-state index in [1.54, 1.807) is 36.3 Å². The highest BCUT2D eigenvalue weighted by Crippen LogP contribution is 2.17. The SMILES string of the molecule is C=C(NC(=S)CN(C(=O)c1ccc(OCC)cc1)C(C)C)c1ccc(OC)cc1. The van der Waals surface area contributed by atoms with E-state index in [4.69, 9.17) is 21.7 Å². The molecule has 0 aliphatic heterocycles. The van der Waals surface area contributed by atoms with Crippen LogP contribution in [0.15, 0.2) is 55.1 Å². The van der Waals surface area contributed by atoms with Crippen LogP contribution in [-0.2, 0) is 0 Å². The highest BCUT2D eigenvalue weighted by molar-refractivity contribution is 7.80. The van der Waals surface area contributed by atoms with Crippen LogP contribution >= 0.6 is 12.2 Å². The Balaban J connectivity index is 2.03. The van der Waals surface area contributed by atoms with E-state index in [1.807, 2.05) is 45.0 Å².